The first-order valence-electron chi connectivity index (χ1n) is 7.89. The third-order valence-electron chi connectivity index (χ3n) is 3.96. The fraction of sp³-hybridized carbons (Fsp3) is 0.158. The first kappa shape index (κ1) is 15.0. The van der Waals surface area contributed by atoms with Crippen LogP contribution in [0.15, 0.2) is 58.3 Å². The third kappa shape index (κ3) is 2.95. The number of aromatic hydroxyl groups is 1. The van der Waals surface area contributed by atoms with Crippen molar-refractivity contribution in [2.24, 2.45) is 0 Å². The van der Waals surface area contributed by atoms with E-state index in [0.717, 1.165) is 29.8 Å². The topological polar surface area (TPSA) is 50.9 Å². The SMILES string of the molecule is Cc1ccc(O)c(-n2nc3c(n2)CCC(Sc2ccccc2)=C3)c1. The number of aryl methyl sites for hydroxylation is 2. The van der Waals surface area contributed by atoms with Gasteiger partial charge in [-0.2, -0.15) is 5.10 Å². The Hall–Kier alpha value is -2.53. The Morgan fingerprint density at radius 1 is 1.04 bits per heavy atom. The number of aromatic nitrogens is 3. The van der Waals surface area contributed by atoms with E-state index in [-0.39, 0.29) is 5.75 Å². The van der Waals surface area contributed by atoms with Crippen LogP contribution >= 0.6 is 11.8 Å². The first-order chi connectivity index (χ1) is 11.7. The van der Waals surface area contributed by atoms with Gasteiger partial charge in [-0.05, 0) is 60.6 Å². The summed E-state index contributed by atoms with van der Waals surface area (Å²) in [7, 11) is 0. The Morgan fingerprint density at radius 3 is 2.71 bits per heavy atom. The molecule has 0 aliphatic heterocycles. The molecule has 1 aromatic heterocycles. The van der Waals surface area contributed by atoms with Gasteiger partial charge in [0.25, 0.3) is 0 Å². The van der Waals surface area contributed by atoms with Crippen molar-refractivity contribution in [2.45, 2.75) is 24.7 Å². The van der Waals surface area contributed by atoms with E-state index in [4.69, 9.17) is 0 Å². The molecule has 1 N–H and O–H groups in total. The predicted octanol–water partition coefficient (Wildman–Crippen LogP) is 4.36. The molecule has 120 valence electrons. The number of fused-ring (bicyclic) bond motifs is 1. The first-order valence-corrected chi connectivity index (χ1v) is 8.70. The molecule has 1 aliphatic rings. The molecule has 4 nitrogen and oxygen atoms in total. The van der Waals surface area contributed by atoms with Crippen molar-refractivity contribution in [1.29, 1.82) is 0 Å². The molecule has 0 radical (unpaired) electrons. The number of phenolic OH excluding ortho intramolecular Hbond substituents is 1. The Kier molecular flexibility index (Phi) is 3.86. The van der Waals surface area contributed by atoms with E-state index in [2.05, 4.69) is 28.4 Å². The number of allylic oxidation sites excluding steroid dienone is 1. The van der Waals surface area contributed by atoms with Crippen molar-refractivity contribution >= 4 is 17.8 Å². The minimum absolute atomic E-state index is 0.191. The summed E-state index contributed by atoms with van der Waals surface area (Å²) < 4.78 is 0. The molecular formula is C19H17N3OS. The number of nitrogens with zero attached hydrogens (tertiary/aromatic N) is 3. The highest BCUT2D eigenvalue weighted by atomic mass is 32.2. The number of rotatable bonds is 3. The van der Waals surface area contributed by atoms with Crippen LogP contribution in [0.4, 0.5) is 0 Å². The fourth-order valence-electron chi connectivity index (χ4n) is 2.73. The number of hydrogen-bond acceptors (Lipinski definition) is 4. The average Bonchev–Trinajstić information content (AvgIpc) is 3.01. The summed E-state index contributed by atoms with van der Waals surface area (Å²) in [5.41, 5.74) is 3.55. The molecule has 5 heteroatoms. The van der Waals surface area contributed by atoms with Crippen molar-refractivity contribution in [3.05, 3.63) is 70.4 Å². The van der Waals surface area contributed by atoms with Crippen molar-refractivity contribution in [3.63, 3.8) is 0 Å². The quantitative estimate of drug-likeness (QED) is 0.772. The molecule has 1 aliphatic carbocycles. The Morgan fingerprint density at radius 2 is 1.88 bits per heavy atom. The lowest BCUT2D eigenvalue weighted by molar-refractivity contribution is 0.467. The molecular weight excluding hydrogens is 318 g/mol. The molecule has 24 heavy (non-hydrogen) atoms. The summed E-state index contributed by atoms with van der Waals surface area (Å²) in [5.74, 6) is 0.191. The molecule has 3 aromatic rings. The van der Waals surface area contributed by atoms with Crippen LogP contribution in [-0.4, -0.2) is 20.1 Å². The molecule has 0 unspecified atom stereocenters. The second-order valence-corrected chi connectivity index (χ2v) is 7.04. The summed E-state index contributed by atoms with van der Waals surface area (Å²) in [4.78, 5) is 4.06. The maximum absolute atomic E-state index is 10.1. The lowest BCUT2D eigenvalue weighted by Gasteiger charge is -2.10. The van der Waals surface area contributed by atoms with Crippen LogP contribution in [0.1, 0.15) is 23.4 Å². The number of benzene rings is 2. The summed E-state index contributed by atoms with van der Waals surface area (Å²) >= 11 is 1.77. The van der Waals surface area contributed by atoms with E-state index >= 15 is 0 Å². The molecule has 0 saturated heterocycles. The highest BCUT2D eigenvalue weighted by molar-refractivity contribution is 8.03. The molecule has 0 fully saturated rings. The van der Waals surface area contributed by atoms with Gasteiger partial charge in [0.1, 0.15) is 17.1 Å². The van der Waals surface area contributed by atoms with E-state index in [9.17, 15) is 5.11 Å². The van der Waals surface area contributed by atoms with Crippen LogP contribution in [0.25, 0.3) is 11.8 Å². The number of phenols is 1. The van der Waals surface area contributed by atoms with Crippen molar-refractivity contribution in [2.75, 3.05) is 0 Å². The predicted molar refractivity (Wildman–Crippen MR) is 96.4 cm³/mol. The van der Waals surface area contributed by atoms with Gasteiger partial charge in [0.15, 0.2) is 0 Å². The van der Waals surface area contributed by atoms with Crippen molar-refractivity contribution in [3.8, 4) is 11.4 Å². The molecule has 0 bridgehead atoms. The summed E-state index contributed by atoms with van der Waals surface area (Å²) in [5, 5.41) is 19.2. The zero-order chi connectivity index (χ0) is 16.5. The highest BCUT2D eigenvalue weighted by Gasteiger charge is 2.18. The van der Waals surface area contributed by atoms with E-state index in [1.54, 1.807) is 22.6 Å². The molecule has 1 heterocycles. The second kappa shape index (κ2) is 6.17. The minimum Gasteiger partial charge on any atom is -0.506 e. The zero-order valence-corrected chi connectivity index (χ0v) is 14.1. The Labute approximate surface area is 144 Å². The summed E-state index contributed by atoms with van der Waals surface area (Å²) in [6, 6.07) is 15.8. The smallest absolute Gasteiger partial charge is 0.143 e. The van der Waals surface area contributed by atoms with Gasteiger partial charge in [0.2, 0.25) is 0 Å². The second-order valence-electron chi connectivity index (χ2n) is 5.84. The summed E-state index contributed by atoms with van der Waals surface area (Å²) in [6.45, 7) is 1.99. The van der Waals surface area contributed by atoms with Crippen molar-refractivity contribution in [1.82, 2.24) is 15.0 Å². The van der Waals surface area contributed by atoms with Gasteiger partial charge in [-0.15, -0.1) is 9.90 Å². The van der Waals surface area contributed by atoms with Crippen molar-refractivity contribution < 1.29 is 5.11 Å². The monoisotopic (exact) mass is 335 g/mol. The zero-order valence-electron chi connectivity index (χ0n) is 13.3. The van der Waals surface area contributed by atoms with Gasteiger partial charge < -0.3 is 5.11 Å². The number of hydrogen-bond donors (Lipinski definition) is 1. The molecule has 2 aromatic carbocycles. The van der Waals surface area contributed by atoms with Crippen LogP contribution in [0.5, 0.6) is 5.75 Å². The van der Waals surface area contributed by atoms with E-state index in [1.807, 2.05) is 37.3 Å². The highest BCUT2D eigenvalue weighted by Crippen LogP contribution is 2.34. The average molecular weight is 335 g/mol. The van der Waals surface area contributed by atoms with Crippen LogP contribution in [0.3, 0.4) is 0 Å². The van der Waals surface area contributed by atoms with E-state index < -0.39 is 0 Å². The van der Waals surface area contributed by atoms with Gasteiger partial charge in [-0.1, -0.05) is 36.0 Å². The molecule has 4 rings (SSSR count). The lowest BCUT2D eigenvalue weighted by Crippen LogP contribution is -2.00. The van der Waals surface area contributed by atoms with Crippen LogP contribution in [0.2, 0.25) is 0 Å². The molecule has 0 saturated carbocycles. The third-order valence-corrected chi connectivity index (χ3v) is 5.05. The van der Waals surface area contributed by atoms with Gasteiger partial charge in [0.05, 0.1) is 5.69 Å². The largest absolute Gasteiger partial charge is 0.506 e. The molecule has 0 atom stereocenters. The Bertz CT molecular complexity index is 916. The van der Waals surface area contributed by atoms with Crippen LogP contribution < -0.4 is 0 Å². The standard InChI is InChI=1S/C19H17N3OS/c1-13-7-10-19(23)18(11-13)22-20-16-9-8-15(12-17(16)21-22)24-14-5-3-2-4-6-14/h2-7,10-12,23H,8-9H2,1H3. The minimum atomic E-state index is 0.191. The van der Waals surface area contributed by atoms with Crippen LogP contribution in [0, 0.1) is 6.92 Å². The van der Waals surface area contributed by atoms with Crippen LogP contribution in [-0.2, 0) is 6.42 Å². The Balaban J connectivity index is 1.65. The molecule has 0 spiro atoms. The van der Waals surface area contributed by atoms with Gasteiger partial charge in [0, 0.05) is 4.90 Å². The fourth-order valence-corrected chi connectivity index (χ4v) is 3.70. The van der Waals surface area contributed by atoms with E-state index in [1.165, 1.54) is 9.80 Å². The normalized spacial score (nSPS) is 13.5. The van der Waals surface area contributed by atoms with Gasteiger partial charge >= 0.3 is 0 Å². The maximum atomic E-state index is 10.1. The summed E-state index contributed by atoms with van der Waals surface area (Å²) in [6.07, 6.45) is 3.94. The number of thioether (sulfide) groups is 1. The van der Waals surface area contributed by atoms with Gasteiger partial charge in [-0.25, -0.2) is 0 Å². The molecule has 0 amide bonds. The maximum Gasteiger partial charge on any atom is 0.143 e. The van der Waals surface area contributed by atoms with Gasteiger partial charge in [-0.3, -0.25) is 0 Å². The lowest BCUT2D eigenvalue weighted by atomic mass is 10.1. The van der Waals surface area contributed by atoms with E-state index in [0.29, 0.717) is 5.69 Å².